The second-order valence-corrected chi connectivity index (χ2v) is 5.45. The summed E-state index contributed by atoms with van der Waals surface area (Å²) >= 11 is 0. The highest BCUT2D eigenvalue weighted by molar-refractivity contribution is 5.80. The van der Waals surface area contributed by atoms with Crippen LogP contribution in [0.4, 0.5) is 5.69 Å². The lowest BCUT2D eigenvalue weighted by atomic mass is 10.2. The van der Waals surface area contributed by atoms with E-state index in [9.17, 15) is 19.7 Å². The van der Waals surface area contributed by atoms with Crippen LogP contribution in [0.5, 0.6) is 11.5 Å². The summed E-state index contributed by atoms with van der Waals surface area (Å²) in [6, 6.07) is 3.89. The first-order valence-electron chi connectivity index (χ1n) is 7.43. The fraction of sp³-hybridized carbons (Fsp3) is 0.467. The first-order valence-corrected chi connectivity index (χ1v) is 7.43. The Kier molecular flexibility index (Phi) is 5.75. The molecule has 0 bridgehead atoms. The van der Waals surface area contributed by atoms with Crippen LogP contribution < -0.4 is 9.47 Å². The number of carboxylic acid groups (broad SMARTS) is 1. The zero-order chi connectivity index (χ0) is 18.6. The van der Waals surface area contributed by atoms with Crippen LogP contribution in [0.2, 0.25) is 0 Å². The molecule has 1 N–H and O–H groups in total. The number of carbonyl (C=O) groups is 2. The summed E-state index contributed by atoms with van der Waals surface area (Å²) < 4.78 is 15.5. The van der Waals surface area contributed by atoms with Crippen LogP contribution in [0.3, 0.4) is 0 Å². The molecule has 0 aliphatic carbocycles. The van der Waals surface area contributed by atoms with Gasteiger partial charge in [-0.2, -0.15) is 0 Å². The average molecular weight is 354 g/mol. The highest BCUT2D eigenvalue weighted by atomic mass is 16.6. The number of benzene rings is 1. The zero-order valence-corrected chi connectivity index (χ0v) is 13.7. The van der Waals surface area contributed by atoms with Gasteiger partial charge in [0.15, 0.2) is 12.7 Å². The number of aliphatic carboxylic acids is 1. The predicted octanol–water partition coefficient (Wildman–Crippen LogP) is 0.683. The molecular formula is C15H18N2O8. The molecule has 2 rings (SSSR count). The molecule has 1 aliphatic rings. The van der Waals surface area contributed by atoms with Gasteiger partial charge in [-0.25, -0.2) is 4.79 Å². The molecular weight excluding hydrogens is 336 g/mol. The minimum Gasteiger partial charge on any atom is -0.490 e. The van der Waals surface area contributed by atoms with Crippen molar-refractivity contribution in [3.05, 3.63) is 28.3 Å². The van der Waals surface area contributed by atoms with Crippen LogP contribution in [0, 0.1) is 10.1 Å². The van der Waals surface area contributed by atoms with Gasteiger partial charge in [0.1, 0.15) is 5.75 Å². The van der Waals surface area contributed by atoms with Gasteiger partial charge in [0, 0.05) is 18.7 Å². The Morgan fingerprint density at radius 1 is 1.44 bits per heavy atom. The number of nitrogens with zero attached hydrogens (tertiary/aromatic N) is 2. The Morgan fingerprint density at radius 3 is 2.76 bits per heavy atom. The Bertz CT molecular complexity index is 677. The summed E-state index contributed by atoms with van der Waals surface area (Å²) in [6.45, 7) is 1.54. The lowest BCUT2D eigenvalue weighted by molar-refractivity contribution is -0.385. The monoisotopic (exact) mass is 354 g/mol. The van der Waals surface area contributed by atoms with Crippen molar-refractivity contribution in [3.8, 4) is 11.5 Å². The van der Waals surface area contributed by atoms with E-state index in [1.165, 1.54) is 30.2 Å². The molecule has 1 fully saturated rings. The third-order valence-corrected chi connectivity index (χ3v) is 3.60. The molecule has 1 aromatic carbocycles. The minimum atomic E-state index is -1.13. The van der Waals surface area contributed by atoms with Crippen molar-refractivity contribution >= 4 is 17.6 Å². The van der Waals surface area contributed by atoms with Gasteiger partial charge in [-0.05, 0) is 13.0 Å². The number of nitro groups is 1. The van der Waals surface area contributed by atoms with Gasteiger partial charge in [0.05, 0.1) is 24.7 Å². The molecule has 0 radical (unpaired) electrons. The van der Waals surface area contributed by atoms with Crippen LogP contribution in [0.25, 0.3) is 0 Å². The number of morpholine rings is 1. The first-order chi connectivity index (χ1) is 11.8. The largest absolute Gasteiger partial charge is 0.490 e. The zero-order valence-electron chi connectivity index (χ0n) is 13.7. The van der Waals surface area contributed by atoms with Crippen LogP contribution in [-0.4, -0.2) is 65.8 Å². The quantitative estimate of drug-likeness (QED) is 0.583. The summed E-state index contributed by atoms with van der Waals surface area (Å²) in [4.78, 5) is 34.9. The predicted molar refractivity (Wildman–Crippen MR) is 83.7 cm³/mol. The fourth-order valence-corrected chi connectivity index (χ4v) is 2.43. The highest BCUT2D eigenvalue weighted by Gasteiger charge is 2.32. The number of rotatable bonds is 6. The maximum atomic E-state index is 12.2. The van der Waals surface area contributed by atoms with Crippen molar-refractivity contribution in [1.82, 2.24) is 4.90 Å². The van der Waals surface area contributed by atoms with Crippen molar-refractivity contribution < 1.29 is 33.8 Å². The number of methoxy groups -OCH3 is 1. The number of carbonyl (C=O) groups excluding carboxylic acids is 1. The van der Waals surface area contributed by atoms with Gasteiger partial charge in [0.2, 0.25) is 5.75 Å². The van der Waals surface area contributed by atoms with E-state index in [4.69, 9.17) is 19.3 Å². The topological polar surface area (TPSA) is 128 Å². The van der Waals surface area contributed by atoms with Crippen molar-refractivity contribution in [1.29, 1.82) is 0 Å². The van der Waals surface area contributed by atoms with Crippen LogP contribution in [0.15, 0.2) is 18.2 Å². The molecule has 0 spiro atoms. The summed E-state index contributed by atoms with van der Waals surface area (Å²) in [5, 5.41) is 19.9. The summed E-state index contributed by atoms with van der Waals surface area (Å²) in [5.41, 5.74) is -0.215. The molecule has 1 heterocycles. The van der Waals surface area contributed by atoms with Crippen molar-refractivity contribution in [3.63, 3.8) is 0 Å². The van der Waals surface area contributed by atoms with E-state index in [0.717, 1.165) is 0 Å². The molecule has 0 saturated carbocycles. The maximum absolute atomic E-state index is 12.2. The fourth-order valence-electron chi connectivity index (χ4n) is 2.43. The minimum absolute atomic E-state index is 0.0147. The summed E-state index contributed by atoms with van der Waals surface area (Å²) in [6.07, 6.45) is -1.48. The third kappa shape index (κ3) is 4.57. The molecule has 0 aromatic heterocycles. The summed E-state index contributed by atoms with van der Waals surface area (Å²) in [7, 11) is 1.29. The molecule has 1 unspecified atom stereocenters. The average Bonchev–Trinajstić information content (AvgIpc) is 2.58. The van der Waals surface area contributed by atoms with Gasteiger partial charge < -0.3 is 24.2 Å². The van der Waals surface area contributed by atoms with Gasteiger partial charge in [-0.3, -0.25) is 14.9 Å². The number of hydrogen-bond donors (Lipinski definition) is 1. The van der Waals surface area contributed by atoms with Crippen LogP contribution >= 0.6 is 0 Å². The van der Waals surface area contributed by atoms with Gasteiger partial charge in [-0.1, -0.05) is 0 Å². The van der Waals surface area contributed by atoms with Gasteiger partial charge in [0.25, 0.3) is 5.91 Å². The van der Waals surface area contributed by atoms with E-state index < -0.39 is 29.0 Å². The Morgan fingerprint density at radius 2 is 2.16 bits per heavy atom. The Labute approximate surface area is 143 Å². The molecule has 2 atom stereocenters. The SMILES string of the molecule is COc1cc(OCC(=O)N2CC(C(=O)O)O[C@H](C)C2)ccc1[N+](=O)[O-]. The third-order valence-electron chi connectivity index (χ3n) is 3.60. The number of carboxylic acids is 1. The molecule has 1 amide bonds. The second-order valence-electron chi connectivity index (χ2n) is 5.45. The van der Waals surface area contributed by atoms with E-state index in [1.807, 2.05) is 0 Å². The molecule has 1 saturated heterocycles. The molecule has 10 heteroatoms. The standard InChI is InChI=1S/C15H18N2O8/c1-9-6-16(7-13(25-9)15(19)20)14(18)8-24-10-3-4-11(17(21)22)12(5-10)23-2/h3-5,9,13H,6-8H2,1-2H3,(H,19,20)/t9-,13?/m1/s1. The smallest absolute Gasteiger partial charge is 0.334 e. The van der Waals surface area contributed by atoms with Crippen molar-refractivity contribution in [2.24, 2.45) is 0 Å². The van der Waals surface area contributed by atoms with Crippen molar-refractivity contribution in [2.45, 2.75) is 19.1 Å². The van der Waals surface area contributed by atoms with E-state index in [2.05, 4.69) is 0 Å². The summed E-state index contributed by atoms with van der Waals surface area (Å²) in [5.74, 6) is -1.29. The lowest BCUT2D eigenvalue weighted by Gasteiger charge is -2.34. The molecule has 25 heavy (non-hydrogen) atoms. The number of hydrogen-bond acceptors (Lipinski definition) is 7. The normalized spacial score (nSPS) is 20.0. The van der Waals surface area contributed by atoms with Gasteiger partial charge >= 0.3 is 11.7 Å². The van der Waals surface area contributed by atoms with E-state index in [-0.39, 0.29) is 36.9 Å². The Balaban J connectivity index is 1.99. The van der Waals surface area contributed by atoms with Crippen molar-refractivity contribution in [2.75, 3.05) is 26.8 Å². The van der Waals surface area contributed by atoms with Crippen LogP contribution in [0.1, 0.15) is 6.92 Å². The Hall–Kier alpha value is -2.88. The van der Waals surface area contributed by atoms with Gasteiger partial charge in [-0.15, -0.1) is 0 Å². The second kappa shape index (κ2) is 7.79. The first kappa shape index (κ1) is 18.5. The highest BCUT2D eigenvalue weighted by Crippen LogP contribution is 2.30. The number of ether oxygens (including phenoxy) is 3. The lowest BCUT2D eigenvalue weighted by Crippen LogP contribution is -2.52. The van der Waals surface area contributed by atoms with E-state index >= 15 is 0 Å². The maximum Gasteiger partial charge on any atom is 0.334 e. The number of amides is 1. The molecule has 10 nitrogen and oxygen atoms in total. The molecule has 136 valence electrons. The van der Waals surface area contributed by atoms with Crippen LogP contribution in [-0.2, 0) is 14.3 Å². The number of nitro benzene ring substituents is 1. The van der Waals surface area contributed by atoms with E-state index in [0.29, 0.717) is 0 Å². The van der Waals surface area contributed by atoms with E-state index in [1.54, 1.807) is 6.92 Å². The molecule has 1 aliphatic heterocycles. The molecule has 1 aromatic rings.